The Morgan fingerprint density at radius 1 is 1.12 bits per heavy atom. The summed E-state index contributed by atoms with van der Waals surface area (Å²) in [6.45, 7) is 1.13. The Bertz CT molecular complexity index is 344. The van der Waals surface area contributed by atoms with E-state index in [-0.39, 0.29) is 0 Å². The van der Waals surface area contributed by atoms with E-state index < -0.39 is 30.8 Å². The van der Waals surface area contributed by atoms with Gasteiger partial charge in [-0.25, -0.2) is 8.78 Å². The predicted octanol–water partition coefficient (Wildman–Crippen LogP) is 3.62. The van der Waals surface area contributed by atoms with Crippen molar-refractivity contribution in [2.45, 2.75) is 25.6 Å². The van der Waals surface area contributed by atoms with Crippen LogP contribution in [0.15, 0.2) is 24.3 Å². The van der Waals surface area contributed by atoms with Crippen LogP contribution >= 0.6 is 0 Å². The third kappa shape index (κ3) is 4.30. The van der Waals surface area contributed by atoms with E-state index in [2.05, 4.69) is 5.32 Å². The van der Waals surface area contributed by atoms with E-state index >= 15 is 0 Å². The van der Waals surface area contributed by atoms with Gasteiger partial charge in [-0.1, -0.05) is 12.1 Å². The number of nitrogens with one attached hydrogen (secondary N) is 1. The van der Waals surface area contributed by atoms with Crippen LogP contribution in [0.4, 0.5) is 22.0 Å². The topological polar surface area (TPSA) is 12.0 Å². The van der Waals surface area contributed by atoms with E-state index in [1.165, 1.54) is 12.1 Å². The number of hydrogen-bond donors (Lipinski definition) is 1. The lowest BCUT2D eigenvalue weighted by atomic mass is 10.1. The summed E-state index contributed by atoms with van der Waals surface area (Å²) >= 11 is 0. The Morgan fingerprint density at radius 2 is 1.65 bits per heavy atom. The zero-order valence-electron chi connectivity index (χ0n) is 9.06. The van der Waals surface area contributed by atoms with Crippen LogP contribution in [-0.4, -0.2) is 13.0 Å². The molecule has 0 fully saturated rings. The highest BCUT2D eigenvalue weighted by Crippen LogP contribution is 2.29. The minimum atomic E-state index is -4.38. The molecule has 1 aromatic rings. The number of hydrogen-bond acceptors (Lipinski definition) is 1. The summed E-state index contributed by atoms with van der Waals surface area (Å²) in [5.41, 5.74) is -0.207. The Balaban J connectivity index is 2.67. The van der Waals surface area contributed by atoms with Crippen LogP contribution in [0.25, 0.3) is 0 Å². The van der Waals surface area contributed by atoms with Gasteiger partial charge < -0.3 is 5.32 Å². The second-order valence-electron chi connectivity index (χ2n) is 3.64. The van der Waals surface area contributed by atoms with Crippen molar-refractivity contribution in [3.63, 3.8) is 0 Å². The van der Waals surface area contributed by atoms with Gasteiger partial charge in [0.2, 0.25) is 0 Å². The molecule has 0 saturated heterocycles. The van der Waals surface area contributed by atoms with Gasteiger partial charge in [-0.3, -0.25) is 0 Å². The first-order valence-corrected chi connectivity index (χ1v) is 4.99. The number of benzene rings is 1. The van der Waals surface area contributed by atoms with Gasteiger partial charge in [0, 0.05) is 6.04 Å². The second kappa shape index (κ2) is 5.44. The average molecular weight is 253 g/mol. The lowest BCUT2D eigenvalue weighted by molar-refractivity contribution is -0.137. The molecule has 1 N–H and O–H groups in total. The molecular formula is C11H12F5N. The van der Waals surface area contributed by atoms with Gasteiger partial charge >= 0.3 is 6.18 Å². The van der Waals surface area contributed by atoms with Crippen molar-refractivity contribution >= 4 is 0 Å². The summed E-state index contributed by atoms with van der Waals surface area (Å²) in [5.74, 6) is 0. The maximum atomic E-state index is 12.3. The van der Waals surface area contributed by atoms with Crippen LogP contribution in [0.5, 0.6) is 0 Å². The van der Waals surface area contributed by atoms with Gasteiger partial charge in [-0.15, -0.1) is 0 Å². The van der Waals surface area contributed by atoms with Gasteiger partial charge in [0.05, 0.1) is 12.1 Å². The molecule has 1 unspecified atom stereocenters. The van der Waals surface area contributed by atoms with Crippen molar-refractivity contribution in [3.8, 4) is 0 Å². The number of halogens is 5. The first kappa shape index (κ1) is 13.9. The third-order valence-corrected chi connectivity index (χ3v) is 2.32. The van der Waals surface area contributed by atoms with E-state index in [0.29, 0.717) is 5.56 Å². The molecule has 17 heavy (non-hydrogen) atoms. The maximum Gasteiger partial charge on any atom is 0.416 e. The molecule has 1 nitrogen and oxygen atoms in total. The fourth-order valence-electron chi connectivity index (χ4n) is 1.34. The van der Waals surface area contributed by atoms with E-state index in [4.69, 9.17) is 0 Å². The standard InChI is InChI=1S/C11H12F5N/c1-7(17-6-10(12)13)8-2-4-9(5-3-8)11(14,15)16/h2-5,7,10,17H,6H2,1H3. The Labute approximate surface area is 95.6 Å². The quantitative estimate of drug-likeness (QED) is 0.808. The molecule has 0 amide bonds. The monoisotopic (exact) mass is 253 g/mol. The van der Waals surface area contributed by atoms with E-state index in [1.54, 1.807) is 6.92 Å². The van der Waals surface area contributed by atoms with Crippen LogP contribution in [-0.2, 0) is 6.18 Å². The summed E-state index contributed by atoms with van der Waals surface area (Å²) in [6.07, 6.45) is -6.86. The lowest BCUT2D eigenvalue weighted by Crippen LogP contribution is -2.24. The normalized spacial score (nSPS) is 14.1. The SMILES string of the molecule is CC(NCC(F)F)c1ccc(C(F)(F)F)cc1. The first-order chi connectivity index (χ1) is 7.80. The Kier molecular flexibility index (Phi) is 4.45. The van der Waals surface area contributed by atoms with Crippen LogP contribution < -0.4 is 5.32 Å². The van der Waals surface area contributed by atoms with E-state index in [9.17, 15) is 22.0 Å². The van der Waals surface area contributed by atoms with Crippen LogP contribution in [0.3, 0.4) is 0 Å². The molecule has 1 atom stereocenters. The maximum absolute atomic E-state index is 12.3. The van der Waals surface area contributed by atoms with Gasteiger partial charge in [0.1, 0.15) is 0 Å². The molecule has 0 spiro atoms. The van der Waals surface area contributed by atoms with Crippen molar-refractivity contribution < 1.29 is 22.0 Å². The molecule has 0 aliphatic carbocycles. The van der Waals surface area contributed by atoms with Gasteiger partial charge in [0.15, 0.2) is 0 Å². The molecule has 1 rings (SSSR count). The zero-order chi connectivity index (χ0) is 13.1. The van der Waals surface area contributed by atoms with Crippen LogP contribution in [0, 0.1) is 0 Å². The number of rotatable bonds is 4. The lowest BCUT2D eigenvalue weighted by Gasteiger charge is -2.15. The highest BCUT2D eigenvalue weighted by atomic mass is 19.4. The summed E-state index contributed by atoms with van der Waals surface area (Å²) < 4.78 is 60.6. The van der Waals surface area contributed by atoms with Crippen molar-refractivity contribution in [1.82, 2.24) is 5.32 Å². The minimum Gasteiger partial charge on any atom is -0.305 e. The highest BCUT2D eigenvalue weighted by Gasteiger charge is 2.30. The molecule has 0 aromatic heterocycles. The molecule has 0 aliphatic heterocycles. The zero-order valence-corrected chi connectivity index (χ0v) is 9.06. The second-order valence-corrected chi connectivity index (χ2v) is 3.64. The van der Waals surface area contributed by atoms with Crippen LogP contribution in [0.1, 0.15) is 24.1 Å². The van der Waals surface area contributed by atoms with Crippen molar-refractivity contribution in [2.75, 3.05) is 6.54 Å². The smallest absolute Gasteiger partial charge is 0.305 e. The molecular weight excluding hydrogens is 241 g/mol. The fraction of sp³-hybridized carbons (Fsp3) is 0.455. The summed E-state index contributed by atoms with van der Waals surface area (Å²) in [4.78, 5) is 0. The molecule has 96 valence electrons. The van der Waals surface area contributed by atoms with Crippen molar-refractivity contribution in [3.05, 3.63) is 35.4 Å². The Morgan fingerprint density at radius 3 is 2.06 bits per heavy atom. The van der Waals surface area contributed by atoms with Gasteiger partial charge in [-0.05, 0) is 24.6 Å². The third-order valence-electron chi connectivity index (χ3n) is 2.32. The summed E-state index contributed by atoms with van der Waals surface area (Å²) in [5, 5.41) is 2.53. The molecule has 0 radical (unpaired) electrons. The van der Waals surface area contributed by atoms with Crippen molar-refractivity contribution in [2.24, 2.45) is 0 Å². The average Bonchev–Trinajstić information content (AvgIpc) is 2.25. The largest absolute Gasteiger partial charge is 0.416 e. The fourth-order valence-corrected chi connectivity index (χ4v) is 1.34. The Hall–Kier alpha value is -1.17. The summed E-state index contributed by atoms with van der Waals surface area (Å²) in [6, 6.07) is 4.04. The predicted molar refractivity (Wildman–Crippen MR) is 53.9 cm³/mol. The molecule has 0 bridgehead atoms. The first-order valence-electron chi connectivity index (χ1n) is 4.99. The molecule has 0 aliphatic rings. The molecule has 6 heteroatoms. The van der Waals surface area contributed by atoms with E-state index in [1.807, 2.05) is 0 Å². The van der Waals surface area contributed by atoms with E-state index in [0.717, 1.165) is 12.1 Å². The molecule has 1 aromatic carbocycles. The van der Waals surface area contributed by atoms with Crippen LogP contribution in [0.2, 0.25) is 0 Å². The van der Waals surface area contributed by atoms with Gasteiger partial charge in [0.25, 0.3) is 6.43 Å². The molecule has 0 saturated carbocycles. The number of alkyl halides is 5. The summed E-state index contributed by atoms with van der Waals surface area (Å²) in [7, 11) is 0. The van der Waals surface area contributed by atoms with Gasteiger partial charge in [-0.2, -0.15) is 13.2 Å². The van der Waals surface area contributed by atoms with Crippen molar-refractivity contribution in [1.29, 1.82) is 0 Å². The highest BCUT2D eigenvalue weighted by molar-refractivity contribution is 5.26. The molecule has 0 heterocycles. The minimum absolute atomic E-state index is 0.411.